The zero-order valence-electron chi connectivity index (χ0n) is 11.4. The number of para-hydroxylation sites is 1. The number of fused-ring (bicyclic) bond motifs is 1. The molecule has 1 fully saturated rings. The number of nitrogen functional groups attached to an aromatic ring is 1. The van der Waals surface area contributed by atoms with Crippen molar-refractivity contribution in [3.8, 4) is 0 Å². The molecule has 0 saturated heterocycles. The third-order valence-electron chi connectivity index (χ3n) is 4.26. The smallest absolute Gasteiger partial charge is 0.144 e. The number of hydrazine groups is 1. The van der Waals surface area contributed by atoms with Gasteiger partial charge in [0.2, 0.25) is 0 Å². The lowest BCUT2D eigenvalue weighted by molar-refractivity contribution is 0.444. The van der Waals surface area contributed by atoms with Crippen LogP contribution in [-0.2, 0) is 0 Å². The molecule has 0 aliphatic heterocycles. The average Bonchev–Trinajstić information content (AvgIpc) is 2.47. The zero-order chi connectivity index (χ0) is 13.2. The summed E-state index contributed by atoms with van der Waals surface area (Å²) >= 11 is 0. The first-order valence-corrected chi connectivity index (χ1v) is 7.16. The van der Waals surface area contributed by atoms with Crippen molar-refractivity contribution in [2.75, 3.05) is 5.43 Å². The van der Waals surface area contributed by atoms with Crippen LogP contribution >= 0.6 is 0 Å². The second-order valence-electron chi connectivity index (χ2n) is 5.55. The number of benzene rings is 1. The first kappa shape index (κ1) is 12.4. The number of nitrogens with zero attached hydrogens (tertiary/aromatic N) is 1. The molecule has 2 aromatic rings. The molecule has 3 heteroatoms. The topological polar surface area (TPSA) is 50.9 Å². The van der Waals surface area contributed by atoms with Crippen LogP contribution in [0.3, 0.4) is 0 Å². The van der Waals surface area contributed by atoms with Crippen molar-refractivity contribution < 1.29 is 0 Å². The maximum Gasteiger partial charge on any atom is 0.144 e. The Balaban J connectivity index is 2.12. The number of nitrogens with two attached hydrogens (primary N) is 1. The largest absolute Gasteiger partial charge is 0.308 e. The highest BCUT2D eigenvalue weighted by atomic mass is 15.2. The second-order valence-corrected chi connectivity index (χ2v) is 5.55. The number of rotatable bonds is 2. The molecule has 1 heterocycles. The van der Waals surface area contributed by atoms with Crippen LogP contribution in [0.4, 0.5) is 5.82 Å². The van der Waals surface area contributed by atoms with Crippen molar-refractivity contribution >= 4 is 16.7 Å². The molecule has 1 aromatic carbocycles. The molecule has 0 spiro atoms. The molecular weight excluding hydrogens is 234 g/mol. The fraction of sp³-hybridized carbons (Fsp3) is 0.438. The highest BCUT2D eigenvalue weighted by Crippen LogP contribution is 2.37. The van der Waals surface area contributed by atoms with Crippen LogP contribution in [0.5, 0.6) is 0 Å². The molecule has 1 aromatic heterocycles. The van der Waals surface area contributed by atoms with Crippen molar-refractivity contribution in [1.29, 1.82) is 0 Å². The molecule has 3 N–H and O–H groups in total. The van der Waals surface area contributed by atoms with Gasteiger partial charge in [0.05, 0.1) is 5.52 Å². The molecule has 3 nitrogen and oxygen atoms in total. The number of nitrogens with one attached hydrogen (secondary N) is 1. The van der Waals surface area contributed by atoms with Gasteiger partial charge in [-0.3, -0.25) is 0 Å². The molecule has 0 radical (unpaired) electrons. The predicted molar refractivity (Wildman–Crippen MR) is 80.1 cm³/mol. The van der Waals surface area contributed by atoms with E-state index in [4.69, 9.17) is 10.8 Å². The van der Waals surface area contributed by atoms with E-state index >= 15 is 0 Å². The van der Waals surface area contributed by atoms with Gasteiger partial charge in [-0.25, -0.2) is 10.8 Å². The van der Waals surface area contributed by atoms with E-state index in [2.05, 4.69) is 36.6 Å². The van der Waals surface area contributed by atoms with Crippen molar-refractivity contribution in [3.05, 3.63) is 35.4 Å². The minimum atomic E-state index is 0.609. The Morgan fingerprint density at radius 2 is 2.00 bits per heavy atom. The standard InChI is InChI=1S/C16H21N3/c1-11-6-5-9-13-10-14(12-7-3-2-4-8-12)16(19-17)18-15(11)13/h5-6,9-10,12H,2-4,7-8,17H2,1H3,(H,18,19). The molecule has 3 rings (SSSR count). The maximum absolute atomic E-state index is 5.69. The SMILES string of the molecule is Cc1cccc2cc(C3CCCCC3)c(NN)nc12. The lowest BCUT2D eigenvalue weighted by Gasteiger charge is -2.24. The Hall–Kier alpha value is -1.61. The minimum Gasteiger partial charge on any atom is -0.308 e. The fourth-order valence-electron chi connectivity index (χ4n) is 3.20. The first-order chi connectivity index (χ1) is 9.29. The second kappa shape index (κ2) is 5.17. The van der Waals surface area contributed by atoms with Crippen molar-refractivity contribution in [2.24, 2.45) is 5.84 Å². The summed E-state index contributed by atoms with van der Waals surface area (Å²) in [6.07, 6.45) is 6.52. The molecule has 1 saturated carbocycles. The van der Waals surface area contributed by atoms with E-state index in [1.54, 1.807) is 0 Å². The number of hydrogen-bond donors (Lipinski definition) is 2. The van der Waals surface area contributed by atoms with E-state index in [0.717, 1.165) is 11.3 Å². The van der Waals surface area contributed by atoms with Gasteiger partial charge in [-0.1, -0.05) is 37.5 Å². The van der Waals surface area contributed by atoms with Crippen molar-refractivity contribution in [1.82, 2.24) is 4.98 Å². The lowest BCUT2D eigenvalue weighted by atomic mass is 9.84. The number of aromatic nitrogens is 1. The number of pyridine rings is 1. The van der Waals surface area contributed by atoms with E-state index in [0.29, 0.717) is 5.92 Å². The molecule has 1 aliphatic carbocycles. The Kier molecular flexibility index (Phi) is 3.38. The van der Waals surface area contributed by atoms with E-state index < -0.39 is 0 Å². The van der Waals surface area contributed by atoms with Crippen LogP contribution in [0.1, 0.15) is 49.1 Å². The van der Waals surface area contributed by atoms with E-state index in [1.807, 2.05) is 0 Å². The Morgan fingerprint density at radius 3 is 2.74 bits per heavy atom. The van der Waals surface area contributed by atoms with Gasteiger partial charge < -0.3 is 5.43 Å². The van der Waals surface area contributed by atoms with Gasteiger partial charge in [-0.15, -0.1) is 0 Å². The van der Waals surface area contributed by atoms with Gasteiger partial charge in [0.15, 0.2) is 0 Å². The third-order valence-corrected chi connectivity index (χ3v) is 4.26. The summed E-state index contributed by atoms with van der Waals surface area (Å²) in [6, 6.07) is 8.61. The van der Waals surface area contributed by atoms with Crippen LogP contribution in [0, 0.1) is 6.92 Å². The third kappa shape index (κ3) is 2.30. The zero-order valence-corrected chi connectivity index (χ0v) is 11.4. The van der Waals surface area contributed by atoms with Crippen LogP contribution in [0.15, 0.2) is 24.3 Å². The molecule has 0 unspecified atom stereocenters. The Bertz CT molecular complexity index is 586. The van der Waals surface area contributed by atoms with Crippen LogP contribution in [0.25, 0.3) is 10.9 Å². The quantitative estimate of drug-likeness (QED) is 0.632. The normalized spacial score (nSPS) is 16.7. The van der Waals surface area contributed by atoms with Crippen LogP contribution < -0.4 is 11.3 Å². The van der Waals surface area contributed by atoms with Gasteiger partial charge in [-0.2, -0.15) is 0 Å². The molecule has 0 amide bonds. The molecule has 100 valence electrons. The summed E-state index contributed by atoms with van der Waals surface area (Å²) in [6.45, 7) is 2.09. The summed E-state index contributed by atoms with van der Waals surface area (Å²) < 4.78 is 0. The Labute approximate surface area is 114 Å². The highest BCUT2D eigenvalue weighted by Gasteiger charge is 2.20. The molecule has 0 bridgehead atoms. The van der Waals surface area contributed by atoms with Gasteiger partial charge in [0.1, 0.15) is 5.82 Å². The van der Waals surface area contributed by atoms with Gasteiger partial charge >= 0.3 is 0 Å². The number of hydrogen-bond acceptors (Lipinski definition) is 3. The maximum atomic E-state index is 5.69. The van der Waals surface area contributed by atoms with Gasteiger partial charge in [-0.05, 0) is 42.9 Å². The summed E-state index contributed by atoms with van der Waals surface area (Å²) in [5.41, 5.74) is 6.34. The van der Waals surface area contributed by atoms with E-state index in [1.165, 1.54) is 48.6 Å². The Morgan fingerprint density at radius 1 is 1.21 bits per heavy atom. The first-order valence-electron chi connectivity index (χ1n) is 7.16. The molecule has 1 aliphatic rings. The van der Waals surface area contributed by atoms with Gasteiger partial charge in [0.25, 0.3) is 0 Å². The summed E-state index contributed by atoms with van der Waals surface area (Å²) in [7, 11) is 0. The minimum absolute atomic E-state index is 0.609. The van der Waals surface area contributed by atoms with Crippen LogP contribution in [0.2, 0.25) is 0 Å². The summed E-state index contributed by atoms with van der Waals surface area (Å²) in [4.78, 5) is 4.73. The number of aryl methyl sites for hydroxylation is 1. The van der Waals surface area contributed by atoms with Crippen LogP contribution in [-0.4, -0.2) is 4.98 Å². The van der Waals surface area contributed by atoms with Gasteiger partial charge in [0, 0.05) is 5.39 Å². The highest BCUT2D eigenvalue weighted by molar-refractivity contribution is 5.84. The summed E-state index contributed by atoms with van der Waals surface area (Å²) in [5, 5.41) is 1.22. The van der Waals surface area contributed by atoms with Crippen molar-refractivity contribution in [2.45, 2.75) is 44.9 Å². The summed E-state index contributed by atoms with van der Waals surface area (Å²) in [5.74, 6) is 7.15. The lowest BCUT2D eigenvalue weighted by Crippen LogP contribution is -2.15. The molecule has 0 atom stereocenters. The molecule has 19 heavy (non-hydrogen) atoms. The van der Waals surface area contributed by atoms with Crippen molar-refractivity contribution in [3.63, 3.8) is 0 Å². The fourth-order valence-corrected chi connectivity index (χ4v) is 3.20. The van der Waals surface area contributed by atoms with E-state index in [9.17, 15) is 0 Å². The number of anilines is 1. The molecular formula is C16H21N3. The monoisotopic (exact) mass is 255 g/mol. The predicted octanol–water partition coefficient (Wildman–Crippen LogP) is 3.88. The average molecular weight is 255 g/mol. The van der Waals surface area contributed by atoms with E-state index in [-0.39, 0.29) is 0 Å².